The van der Waals surface area contributed by atoms with E-state index in [0.717, 1.165) is 55.6 Å². The van der Waals surface area contributed by atoms with E-state index in [9.17, 15) is 4.79 Å². The van der Waals surface area contributed by atoms with Crippen LogP contribution in [0.4, 0.5) is 0 Å². The Labute approximate surface area is 171 Å². The number of halogens is 1. The van der Waals surface area contributed by atoms with Gasteiger partial charge in [0, 0.05) is 49.9 Å². The Morgan fingerprint density at radius 1 is 1.04 bits per heavy atom. The van der Waals surface area contributed by atoms with Crippen molar-refractivity contribution in [2.75, 3.05) is 46.4 Å². The molecule has 0 N–H and O–H groups in total. The van der Waals surface area contributed by atoms with Crippen LogP contribution >= 0.6 is 11.6 Å². The molecule has 0 radical (unpaired) electrons. The number of ether oxygens (including phenoxy) is 2. The minimum absolute atomic E-state index is 0.0284. The van der Waals surface area contributed by atoms with Crippen molar-refractivity contribution in [1.29, 1.82) is 0 Å². The Hall–Kier alpha value is -2.08. The molecule has 2 aromatic rings. The number of Topliss-reactive ketones (excluding diaryl/α,β-unsaturated/α-hetero) is 1. The quantitative estimate of drug-likeness (QED) is 0.629. The van der Waals surface area contributed by atoms with Gasteiger partial charge < -0.3 is 9.47 Å². The first-order valence-corrected chi connectivity index (χ1v) is 9.94. The largest absolute Gasteiger partial charge is 0.496 e. The molecular weight excluding hydrogens is 376 g/mol. The molecule has 2 aromatic carbocycles. The molecule has 1 fully saturated rings. The minimum Gasteiger partial charge on any atom is -0.496 e. The molecular formula is C22H27ClN2O3. The summed E-state index contributed by atoms with van der Waals surface area (Å²) in [6, 6.07) is 13.2. The van der Waals surface area contributed by atoms with Crippen LogP contribution in [0.3, 0.4) is 0 Å². The summed E-state index contributed by atoms with van der Waals surface area (Å²) in [5.41, 5.74) is 1.76. The number of carbonyl (C=O) groups excluding carboxylic acids is 1. The van der Waals surface area contributed by atoms with Gasteiger partial charge in [0.2, 0.25) is 0 Å². The molecule has 0 unspecified atom stereocenters. The van der Waals surface area contributed by atoms with Crippen molar-refractivity contribution in [3.8, 4) is 11.5 Å². The van der Waals surface area contributed by atoms with Gasteiger partial charge >= 0.3 is 0 Å². The standard InChI is InChI=1S/C22H27ClN2O3/c1-17(26)20-5-3-4-6-22(20)28-14-13-24-9-11-25(12-10-24)16-18-15-19(23)7-8-21(18)27-2/h3-8,15H,9-14,16H2,1-2H3. The molecule has 0 atom stereocenters. The number of para-hydroxylation sites is 1. The monoisotopic (exact) mass is 402 g/mol. The number of methoxy groups -OCH3 is 1. The minimum atomic E-state index is 0.0284. The van der Waals surface area contributed by atoms with Gasteiger partial charge in [-0.25, -0.2) is 0 Å². The maximum absolute atomic E-state index is 11.7. The second-order valence-corrected chi connectivity index (χ2v) is 7.41. The van der Waals surface area contributed by atoms with E-state index in [1.165, 1.54) is 0 Å². The van der Waals surface area contributed by atoms with Crippen molar-refractivity contribution in [2.45, 2.75) is 13.5 Å². The average molecular weight is 403 g/mol. The molecule has 1 aliphatic rings. The van der Waals surface area contributed by atoms with Crippen LogP contribution in [0.2, 0.25) is 5.02 Å². The molecule has 0 saturated carbocycles. The number of ketones is 1. The fourth-order valence-electron chi connectivity index (χ4n) is 3.45. The third kappa shape index (κ3) is 5.47. The van der Waals surface area contributed by atoms with Crippen molar-refractivity contribution in [1.82, 2.24) is 9.80 Å². The van der Waals surface area contributed by atoms with E-state index in [-0.39, 0.29) is 5.78 Å². The first kappa shape index (κ1) is 20.6. The SMILES string of the molecule is COc1ccc(Cl)cc1CN1CCN(CCOc2ccccc2C(C)=O)CC1. The predicted molar refractivity (Wildman–Crippen MR) is 112 cm³/mol. The van der Waals surface area contributed by atoms with Crippen LogP contribution in [0.25, 0.3) is 0 Å². The molecule has 6 heteroatoms. The second kappa shape index (κ2) is 9.92. The van der Waals surface area contributed by atoms with E-state index < -0.39 is 0 Å². The van der Waals surface area contributed by atoms with Crippen molar-refractivity contribution in [3.05, 3.63) is 58.6 Å². The molecule has 3 rings (SSSR count). The maximum Gasteiger partial charge on any atom is 0.163 e. The third-order valence-electron chi connectivity index (χ3n) is 5.03. The van der Waals surface area contributed by atoms with E-state index >= 15 is 0 Å². The molecule has 1 heterocycles. The smallest absolute Gasteiger partial charge is 0.163 e. The maximum atomic E-state index is 11.7. The highest BCUT2D eigenvalue weighted by atomic mass is 35.5. The van der Waals surface area contributed by atoms with Gasteiger partial charge in [-0.05, 0) is 37.3 Å². The lowest BCUT2D eigenvalue weighted by molar-refractivity contribution is 0.100. The Morgan fingerprint density at radius 3 is 2.46 bits per heavy atom. The highest BCUT2D eigenvalue weighted by Crippen LogP contribution is 2.24. The molecule has 1 aliphatic heterocycles. The topological polar surface area (TPSA) is 42.0 Å². The lowest BCUT2D eigenvalue weighted by atomic mass is 10.1. The summed E-state index contributed by atoms with van der Waals surface area (Å²) in [7, 11) is 1.69. The lowest BCUT2D eigenvalue weighted by Crippen LogP contribution is -2.47. The molecule has 28 heavy (non-hydrogen) atoms. The van der Waals surface area contributed by atoms with Gasteiger partial charge in [0.1, 0.15) is 18.1 Å². The predicted octanol–water partition coefficient (Wildman–Crippen LogP) is 3.75. The van der Waals surface area contributed by atoms with E-state index in [2.05, 4.69) is 9.80 Å². The van der Waals surface area contributed by atoms with Crippen LogP contribution < -0.4 is 9.47 Å². The van der Waals surface area contributed by atoms with Crippen LogP contribution in [-0.2, 0) is 6.54 Å². The zero-order valence-corrected chi connectivity index (χ0v) is 17.2. The lowest BCUT2D eigenvalue weighted by Gasteiger charge is -2.34. The van der Waals surface area contributed by atoms with Crippen molar-refractivity contribution in [3.63, 3.8) is 0 Å². The van der Waals surface area contributed by atoms with Gasteiger partial charge in [-0.2, -0.15) is 0 Å². The molecule has 0 aliphatic carbocycles. The highest BCUT2D eigenvalue weighted by Gasteiger charge is 2.18. The average Bonchev–Trinajstić information content (AvgIpc) is 2.70. The first-order chi connectivity index (χ1) is 13.6. The van der Waals surface area contributed by atoms with Crippen LogP contribution in [0, 0.1) is 0 Å². The molecule has 0 aromatic heterocycles. The van der Waals surface area contributed by atoms with Crippen molar-refractivity contribution < 1.29 is 14.3 Å². The Kier molecular flexibility index (Phi) is 7.31. The van der Waals surface area contributed by atoms with Gasteiger partial charge in [0.05, 0.1) is 12.7 Å². The van der Waals surface area contributed by atoms with E-state index in [1.54, 1.807) is 20.1 Å². The summed E-state index contributed by atoms with van der Waals surface area (Å²) in [6.45, 7) is 7.77. The van der Waals surface area contributed by atoms with Crippen molar-refractivity contribution >= 4 is 17.4 Å². The van der Waals surface area contributed by atoms with Gasteiger partial charge in [-0.1, -0.05) is 23.7 Å². The zero-order valence-electron chi connectivity index (χ0n) is 16.5. The zero-order chi connectivity index (χ0) is 19.9. The van der Waals surface area contributed by atoms with Gasteiger partial charge in [0.15, 0.2) is 5.78 Å². The van der Waals surface area contributed by atoms with Crippen LogP contribution in [-0.4, -0.2) is 62.0 Å². The number of hydrogen-bond donors (Lipinski definition) is 0. The Balaban J connectivity index is 1.45. The number of hydrogen-bond acceptors (Lipinski definition) is 5. The number of piperazine rings is 1. The summed E-state index contributed by atoms with van der Waals surface area (Å²) in [5.74, 6) is 1.58. The fourth-order valence-corrected chi connectivity index (χ4v) is 3.65. The van der Waals surface area contributed by atoms with Crippen LogP contribution in [0.1, 0.15) is 22.8 Å². The normalized spacial score (nSPS) is 15.4. The fraction of sp³-hybridized carbons (Fsp3) is 0.409. The van der Waals surface area contributed by atoms with E-state index in [4.69, 9.17) is 21.1 Å². The number of rotatable bonds is 8. The summed E-state index contributed by atoms with van der Waals surface area (Å²) < 4.78 is 11.3. The first-order valence-electron chi connectivity index (χ1n) is 9.56. The van der Waals surface area contributed by atoms with Gasteiger partial charge in [0.25, 0.3) is 0 Å². The molecule has 1 saturated heterocycles. The Bertz CT molecular complexity index is 804. The molecule has 150 valence electrons. The summed E-state index contributed by atoms with van der Waals surface area (Å²) in [4.78, 5) is 16.5. The summed E-state index contributed by atoms with van der Waals surface area (Å²) in [5, 5.41) is 0.734. The van der Waals surface area contributed by atoms with Crippen LogP contribution in [0.5, 0.6) is 11.5 Å². The highest BCUT2D eigenvalue weighted by molar-refractivity contribution is 6.30. The number of nitrogens with zero attached hydrogens (tertiary/aromatic N) is 2. The third-order valence-corrected chi connectivity index (χ3v) is 5.27. The van der Waals surface area contributed by atoms with E-state index in [1.807, 2.05) is 36.4 Å². The van der Waals surface area contributed by atoms with E-state index in [0.29, 0.717) is 17.9 Å². The van der Waals surface area contributed by atoms with Crippen molar-refractivity contribution in [2.24, 2.45) is 0 Å². The van der Waals surface area contributed by atoms with Gasteiger partial charge in [-0.3, -0.25) is 14.6 Å². The van der Waals surface area contributed by atoms with Crippen LogP contribution in [0.15, 0.2) is 42.5 Å². The second-order valence-electron chi connectivity index (χ2n) is 6.97. The summed E-state index contributed by atoms with van der Waals surface area (Å²) >= 11 is 6.14. The number of benzene rings is 2. The van der Waals surface area contributed by atoms with Gasteiger partial charge in [-0.15, -0.1) is 0 Å². The molecule has 0 amide bonds. The number of carbonyl (C=O) groups is 1. The summed E-state index contributed by atoms with van der Waals surface area (Å²) in [6.07, 6.45) is 0. The molecule has 5 nitrogen and oxygen atoms in total. The molecule has 0 bridgehead atoms. The molecule has 0 spiro atoms. The Morgan fingerprint density at radius 2 is 1.75 bits per heavy atom.